The zero-order valence-electron chi connectivity index (χ0n) is 8.02. The van der Waals surface area contributed by atoms with Gasteiger partial charge in [0.05, 0.1) is 5.60 Å². The first kappa shape index (κ1) is 10.9. The number of rotatable bonds is 6. The van der Waals surface area contributed by atoms with Crippen LogP contribution >= 0.6 is 0 Å². The van der Waals surface area contributed by atoms with Crippen molar-refractivity contribution >= 4 is 10.5 Å². The third-order valence-electron chi connectivity index (χ3n) is 2.53. The Morgan fingerprint density at radius 1 is 1.45 bits per heavy atom. The van der Waals surface area contributed by atoms with E-state index in [2.05, 4.69) is 20.4 Å². The Morgan fingerprint density at radius 3 is 2.27 bits per heavy atom. The molecule has 0 spiro atoms. The first-order valence-corrected chi connectivity index (χ1v) is 5.22. The van der Waals surface area contributed by atoms with Gasteiger partial charge in [0.2, 0.25) is 0 Å². The van der Waals surface area contributed by atoms with E-state index in [4.69, 9.17) is 4.43 Å². The van der Waals surface area contributed by atoms with Gasteiger partial charge in [0.1, 0.15) is 10.5 Å². The van der Waals surface area contributed by atoms with Crippen LogP contribution in [0.4, 0.5) is 0 Å². The molecule has 0 aliphatic heterocycles. The average Bonchev–Trinajstić information content (AvgIpc) is 2.08. The Hall–Kier alpha value is -0.0831. The van der Waals surface area contributed by atoms with Crippen molar-refractivity contribution in [1.82, 2.24) is 0 Å². The fourth-order valence-electron chi connectivity index (χ4n) is 1.36. The molecule has 0 aromatic heterocycles. The number of allylic oxidation sites excluding steroid dienone is 1. The Bertz CT molecular complexity index is 99.9. The van der Waals surface area contributed by atoms with Gasteiger partial charge in [-0.2, -0.15) is 0 Å². The highest BCUT2D eigenvalue weighted by atomic mass is 28.2. The van der Waals surface area contributed by atoms with Crippen molar-refractivity contribution in [2.75, 3.05) is 0 Å². The second-order valence-electron chi connectivity index (χ2n) is 2.92. The molecule has 0 aliphatic carbocycles. The summed E-state index contributed by atoms with van der Waals surface area (Å²) in [5, 5.41) is 0. The third kappa shape index (κ3) is 3.21. The van der Waals surface area contributed by atoms with Crippen LogP contribution in [-0.4, -0.2) is 16.1 Å². The lowest BCUT2D eigenvalue weighted by atomic mass is 9.92. The number of hydrogen-bond acceptors (Lipinski definition) is 1. The molecule has 0 radical (unpaired) electrons. The lowest BCUT2D eigenvalue weighted by Gasteiger charge is -2.30. The van der Waals surface area contributed by atoms with E-state index >= 15 is 0 Å². The van der Waals surface area contributed by atoms with Crippen molar-refractivity contribution in [1.29, 1.82) is 0 Å². The molecule has 0 heterocycles. The van der Waals surface area contributed by atoms with E-state index in [1.54, 1.807) is 0 Å². The summed E-state index contributed by atoms with van der Waals surface area (Å²) >= 11 is 0. The summed E-state index contributed by atoms with van der Waals surface area (Å²) < 4.78 is 5.63. The van der Waals surface area contributed by atoms with Crippen LogP contribution in [-0.2, 0) is 4.43 Å². The first-order valence-electron chi connectivity index (χ1n) is 4.40. The molecule has 0 aromatic rings. The van der Waals surface area contributed by atoms with Gasteiger partial charge in [0.25, 0.3) is 0 Å². The van der Waals surface area contributed by atoms with E-state index in [-0.39, 0.29) is 5.60 Å². The molecular weight excluding hydrogens is 152 g/mol. The Kier molecular flexibility index (Phi) is 5.51. The van der Waals surface area contributed by atoms with Gasteiger partial charge in [-0.15, -0.1) is 6.58 Å². The highest BCUT2D eigenvalue weighted by molar-refractivity contribution is 5.98. The molecule has 66 valence electrons. The summed E-state index contributed by atoms with van der Waals surface area (Å²) in [6, 6.07) is 0. The summed E-state index contributed by atoms with van der Waals surface area (Å²) in [5.41, 5.74) is 0.167. The monoisotopic (exact) mass is 172 g/mol. The molecule has 0 aromatic carbocycles. The molecule has 0 unspecified atom stereocenters. The fourth-order valence-corrected chi connectivity index (χ4v) is 2.14. The molecule has 2 heteroatoms. The van der Waals surface area contributed by atoms with E-state index < -0.39 is 0 Å². The molecule has 0 rings (SSSR count). The lowest BCUT2D eigenvalue weighted by Crippen LogP contribution is -2.29. The molecule has 0 N–H and O–H groups in total. The molecule has 1 nitrogen and oxygen atoms in total. The van der Waals surface area contributed by atoms with Crippen LogP contribution in [0.15, 0.2) is 12.7 Å². The molecule has 0 bridgehead atoms. The predicted octanol–water partition coefficient (Wildman–Crippen LogP) is 1.81. The Balaban J connectivity index is 3.93. The summed E-state index contributed by atoms with van der Waals surface area (Å²) in [4.78, 5) is 0. The fraction of sp³-hybridized carbons (Fsp3) is 0.778. The SMILES string of the molecule is C=CCCC(CC)(CC)O[SiH3]. The quantitative estimate of drug-likeness (QED) is 0.438. The summed E-state index contributed by atoms with van der Waals surface area (Å²) in [6.07, 6.45) is 6.43. The smallest absolute Gasteiger partial charge is 0.146 e. The van der Waals surface area contributed by atoms with E-state index in [0.29, 0.717) is 0 Å². The van der Waals surface area contributed by atoms with Gasteiger partial charge >= 0.3 is 0 Å². The van der Waals surface area contributed by atoms with E-state index in [9.17, 15) is 0 Å². The molecule has 11 heavy (non-hydrogen) atoms. The first-order chi connectivity index (χ1) is 5.24. The molecule has 0 atom stereocenters. The van der Waals surface area contributed by atoms with Crippen molar-refractivity contribution in [2.24, 2.45) is 0 Å². The zero-order chi connectivity index (χ0) is 8.74. The Morgan fingerprint density at radius 2 is 2.00 bits per heavy atom. The van der Waals surface area contributed by atoms with E-state index in [0.717, 1.165) is 36.2 Å². The van der Waals surface area contributed by atoms with Gasteiger partial charge in [-0.1, -0.05) is 19.9 Å². The van der Waals surface area contributed by atoms with Crippen LogP contribution < -0.4 is 0 Å². The van der Waals surface area contributed by atoms with Gasteiger partial charge in [0, 0.05) is 0 Å². The van der Waals surface area contributed by atoms with Crippen molar-refractivity contribution in [3.8, 4) is 0 Å². The molecule has 0 amide bonds. The van der Waals surface area contributed by atoms with Gasteiger partial charge in [0.15, 0.2) is 0 Å². The van der Waals surface area contributed by atoms with Crippen LogP contribution in [0.5, 0.6) is 0 Å². The van der Waals surface area contributed by atoms with E-state index in [1.807, 2.05) is 6.08 Å². The minimum absolute atomic E-state index is 0.167. The highest BCUT2D eigenvalue weighted by Crippen LogP contribution is 2.24. The van der Waals surface area contributed by atoms with Crippen LogP contribution in [0.2, 0.25) is 0 Å². The molecule has 0 saturated carbocycles. The topological polar surface area (TPSA) is 9.23 Å². The second-order valence-corrected chi connectivity index (χ2v) is 3.33. The average molecular weight is 172 g/mol. The predicted molar refractivity (Wildman–Crippen MR) is 53.8 cm³/mol. The second kappa shape index (κ2) is 5.55. The van der Waals surface area contributed by atoms with Crippen LogP contribution in [0.3, 0.4) is 0 Å². The minimum Gasteiger partial charge on any atom is -0.422 e. The lowest BCUT2D eigenvalue weighted by molar-refractivity contribution is 0.0624. The standard InChI is InChI=1S/C9H20OSi/c1-4-7-8-9(5-2,6-3)10-11/h4H,1,5-8H2,2-3,11H3. The maximum atomic E-state index is 5.63. The largest absolute Gasteiger partial charge is 0.422 e. The minimum atomic E-state index is 0.167. The van der Waals surface area contributed by atoms with Crippen molar-refractivity contribution in [2.45, 2.75) is 45.1 Å². The highest BCUT2D eigenvalue weighted by Gasteiger charge is 2.22. The molecular formula is C9H20OSi. The van der Waals surface area contributed by atoms with Gasteiger partial charge in [-0.05, 0) is 25.7 Å². The van der Waals surface area contributed by atoms with Gasteiger partial charge in [-0.3, -0.25) is 0 Å². The van der Waals surface area contributed by atoms with Crippen LogP contribution in [0.25, 0.3) is 0 Å². The number of hydrogen-bond donors (Lipinski definition) is 0. The molecule has 0 aliphatic rings. The Labute approximate surface area is 73.4 Å². The van der Waals surface area contributed by atoms with Crippen LogP contribution in [0, 0.1) is 0 Å². The van der Waals surface area contributed by atoms with Gasteiger partial charge in [-0.25, -0.2) is 0 Å². The van der Waals surface area contributed by atoms with Crippen molar-refractivity contribution in [3.63, 3.8) is 0 Å². The van der Waals surface area contributed by atoms with Crippen molar-refractivity contribution < 1.29 is 4.43 Å². The summed E-state index contributed by atoms with van der Waals surface area (Å²) in [5.74, 6) is 0. The molecule has 0 saturated heterocycles. The zero-order valence-corrected chi connectivity index (χ0v) is 10.0. The third-order valence-corrected chi connectivity index (χ3v) is 3.39. The van der Waals surface area contributed by atoms with Crippen LogP contribution in [0.1, 0.15) is 39.5 Å². The van der Waals surface area contributed by atoms with E-state index in [1.165, 1.54) is 0 Å². The maximum Gasteiger partial charge on any atom is 0.146 e. The molecule has 0 fully saturated rings. The summed E-state index contributed by atoms with van der Waals surface area (Å²) in [6.45, 7) is 8.12. The van der Waals surface area contributed by atoms with Gasteiger partial charge < -0.3 is 4.43 Å². The maximum absolute atomic E-state index is 5.63. The van der Waals surface area contributed by atoms with Crippen molar-refractivity contribution in [3.05, 3.63) is 12.7 Å². The summed E-state index contributed by atoms with van der Waals surface area (Å²) in [7, 11) is 0.848. The normalized spacial score (nSPS) is 11.8.